The maximum atomic E-state index is 12.5. The average molecular weight is 371 g/mol. The summed E-state index contributed by atoms with van der Waals surface area (Å²) in [6, 6.07) is 1.96. The number of carbonyl (C=O) groups is 1. The molecule has 7 heteroatoms. The monoisotopic (exact) mass is 370 g/mol. The third-order valence-electron chi connectivity index (χ3n) is 6.05. The van der Waals surface area contributed by atoms with Gasteiger partial charge in [0.25, 0.3) is 0 Å². The van der Waals surface area contributed by atoms with Crippen molar-refractivity contribution in [1.29, 1.82) is 0 Å². The van der Waals surface area contributed by atoms with E-state index in [1.54, 1.807) is 0 Å². The van der Waals surface area contributed by atoms with Crippen molar-refractivity contribution < 1.29 is 4.79 Å². The van der Waals surface area contributed by atoms with E-state index in [4.69, 9.17) is 4.98 Å². The van der Waals surface area contributed by atoms with Crippen LogP contribution in [0.1, 0.15) is 37.9 Å². The Kier molecular flexibility index (Phi) is 5.29. The van der Waals surface area contributed by atoms with E-state index in [2.05, 4.69) is 34.5 Å². The molecule has 27 heavy (non-hydrogen) atoms. The molecule has 0 unspecified atom stereocenters. The number of fused-ring (bicyclic) bond motifs is 2. The topological polar surface area (TPSA) is 74.6 Å². The first-order valence-corrected chi connectivity index (χ1v) is 10.3. The van der Waals surface area contributed by atoms with E-state index in [9.17, 15) is 4.79 Å². The Bertz CT molecular complexity index is 806. The lowest BCUT2D eigenvalue weighted by molar-refractivity contribution is -0.125. The second kappa shape index (κ2) is 7.84. The second-order valence-electron chi connectivity index (χ2n) is 7.74. The van der Waals surface area contributed by atoms with Gasteiger partial charge < -0.3 is 15.5 Å². The fourth-order valence-corrected chi connectivity index (χ4v) is 4.12. The molecule has 0 aliphatic carbocycles. The van der Waals surface area contributed by atoms with Crippen LogP contribution in [0.3, 0.4) is 0 Å². The maximum Gasteiger partial charge on any atom is 0.226 e. The highest BCUT2D eigenvalue weighted by molar-refractivity contribution is 5.82. The molecule has 1 saturated heterocycles. The number of amides is 1. The number of rotatable bonds is 6. The lowest BCUT2D eigenvalue weighted by Gasteiger charge is -2.41. The Labute approximate surface area is 160 Å². The van der Waals surface area contributed by atoms with E-state index < -0.39 is 0 Å². The van der Waals surface area contributed by atoms with Gasteiger partial charge in [-0.05, 0) is 18.9 Å². The van der Waals surface area contributed by atoms with Crippen LogP contribution in [0.25, 0.3) is 5.65 Å². The summed E-state index contributed by atoms with van der Waals surface area (Å²) in [5.41, 5.74) is 3.35. The lowest BCUT2D eigenvalue weighted by Crippen LogP contribution is -2.55. The van der Waals surface area contributed by atoms with Crippen LogP contribution in [0.15, 0.2) is 12.3 Å². The van der Waals surface area contributed by atoms with E-state index in [0.717, 1.165) is 69.9 Å². The number of aromatic nitrogens is 3. The van der Waals surface area contributed by atoms with Gasteiger partial charge >= 0.3 is 0 Å². The zero-order valence-corrected chi connectivity index (χ0v) is 16.4. The van der Waals surface area contributed by atoms with E-state index in [1.807, 2.05) is 16.8 Å². The molecule has 1 fully saturated rings. The molecule has 2 aromatic heterocycles. The average Bonchev–Trinajstić information content (AvgIpc) is 2.97. The summed E-state index contributed by atoms with van der Waals surface area (Å²) in [5, 5.41) is 11.1. The first kappa shape index (κ1) is 18.2. The molecular weight excluding hydrogens is 340 g/mol. The van der Waals surface area contributed by atoms with Crippen LogP contribution >= 0.6 is 0 Å². The fourth-order valence-electron chi connectivity index (χ4n) is 4.12. The fraction of sp³-hybridized carbons (Fsp3) is 0.650. The van der Waals surface area contributed by atoms with Crippen molar-refractivity contribution in [3.8, 4) is 0 Å². The van der Waals surface area contributed by atoms with Gasteiger partial charge in [-0.25, -0.2) is 4.98 Å². The van der Waals surface area contributed by atoms with Gasteiger partial charge in [-0.2, -0.15) is 9.61 Å². The normalized spacial score (nSPS) is 17.7. The van der Waals surface area contributed by atoms with Gasteiger partial charge in [-0.1, -0.05) is 26.7 Å². The Balaban J connectivity index is 1.49. The molecule has 0 atom stereocenters. The summed E-state index contributed by atoms with van der Waals surface area (Å²) in [4.78, 5) is 19.6. The summed E-state index contributed by atoms with van der Waals surface area (Å²) in [7, 11) is 0. The molecule has 0 saturated carbocycles. The van der Waals surface area contributed by atoms with E-state index >= 15 is 0 Å². The highest BCUT2D eigenvalue weighted by atomic mass is 16.2. The SMILES string of the molecule is CCC(CC)CNC(=O)C1CN(c2c3c(nc4ccnn24)CCNCC3)C1. The molecule has 0 aromatic carbocycles. The van der Waals surface area contributed by atoms with Crippen LogP contribution in [0, 0.1) is 11.8 Å². The van der Waals surface area contributed by atoms with Gasteiger partial charge in [-0.3, -0.25) is 4.79 Å². The molecule has 2 N–H and O–H groups in total. The summed E-state index contributed by atoms with van der Waals surface area (Å²) in [6.07, 6.45) is 5.93. The highest BCUT2D eigenvalue weighted by Crippen LogP contribution is 2.31. The quantitative estimate of drug-likeness (QED) is 0.804. The molecule has 4 rings (SSSR count). The predicted molar refractivity (Wildman–Crippen MR) is 106 cm³/mol. The van der Waals surface area contributed by atoms with E-state index in [1.165, 1.54) is 11.3 Å². The van der Waals surface area contributed by atoms with Gasteiger partial charge in [0.1, 0.15) is 5.82 Å². The molecule has 0 bridgehead atoms. The van der Waals surface area contributed by atoms with Gasteiger partial charge in [0.2, 0.25) is 5.91 Å². The zero-order chi connectivity index (χ0) is 18.8. The number of nitrogens with one attached hydrogen (secondary N) is 2. The van der Waals surface area contributed by atoms with Crippen molar-refractivity contribution in [3.63, 3.8) is 0 Å². The first-order chi connectivity index (χ1) is 13.2. The van der Waals surface area contributed by atoms with Gasteiger partial charge in [0.05, 0.1) is 17.8 Å². The minimum Gasteiger partial charge on any atom is -0.355 e. The standard InChI is InChI=1S/C20H30N6O/c1-3-14(4-2)11-22-19(27)15-12-25(13-15)20-16-5-8-21-9-6-17(16)24-18-7-10-23-26(18)20/h7,10,14-15,21H,3-6,8-9,11-13H2,1-2H3,(H,22,27). The van der Waals surface area contributed by atoms with E-state index in [-0.39, 0.29) is 11.8 Å². The smallest absolute Gasteiger partial charge is 0.226 e. The Hall–Kier alpha value is -2.15. The molecule has 7 nitrogen and oxygen atoms in total. The van der Waals surface area contributed by atoms with Crippen molar-refractivity contribution in [2.24, 2.45) is 11.8 Å². The number of hydrogen-bond acceptors (Lipinski definition) is 5. The highest BCUT2D eigenvalue weighted by Gasteiger charge is 2.36. The van der Waals surface area contributed by atoms with Crippen molar-refractivity contribution in [2.45, 2.75) is 39.5 Å². The van der Waals surface area contributed by atoms with Crippen LogP contribution in [0.2, 0.25) is 0 Å². The summed E-state index contributed by atoms with van der Waals surface area (Å²) in [5.74, 6) is 1.97. The van der Waals surface area contributed by atoms with Gasteiger partial charge in [0, 0.05) is 44.2 Å². The third kappa shape index (κ3) is 3.52. The molecular formula is C20H30N6O. The van der Waals surface area contributed by atoms with Crippen molar-refractivity contribution >= 4 is 17.4 Å². The molecule has 0 spiro atoms. The molecule has 2 aliphatic heterocycles. The lowest BCUT2D eigenvalue weighted by atomic mass is 9.96. The number of carbonyl (C=O) groups excluding carboxylic acids is 1. The van der Waals surface area contributed by atoms with Crippen LogP contribution in [0.5, 0.6) is 0 Å². The van der Waals surface area contributed by atoms with Gasteiger partial charge in [-0.15, -0.1) is 0 Å². The summed E-state index contributed by atoms with van der Waals surface area (Å²) >= 11 is 0. The number of hydrogen-bond donors (Lipinski definition) is 2. The van der Waals surface area contributed by atoms with Crippen molar-refractivity contribution in [3.05, 3.63) is 23.5 Å². The maximum absolute atomic E-state index is 12.5. The summed E-state index contributed by atoms with van der Waals surface area (Å²) in [6.45, 7) is 8.60. The predicted octanol–water partition coefficient (Wildman–Crippen LogP) is 1.41. The molecule has 1 amide bonds. The van der Waals surface area contributed by atoms with E-state index in [0.29, 0.717) is 5.92 Å². The van der Waals surface area contributed by atoms with Crippen LogP contribution in [-0.2, 0) is 17.6 Å². The summed E-state index contributed by atoms with van der Waals surface area (Å²) < 4.78 is 1.95. The Morgan fingerprint density at radius 3 is 2.85 bits per heavy atom. The number of nitrogens with zero attached hydrogens (tertiary/aromatic N) is 4. The Morgan fingerprint density at radius 2 is 2.07 bits per heavy atom. The van der Waals surface area contributed by atoms with Gasteiger partial charge in [0.15, 0.2) is 5.65 Å². The number of anilines is 1. The first-order valence-electron chi connectivity index (χ1n) is 10.3. The minimum absolute atomic E-state index is 0.0673. The molecule has 146 valence electrons. The minimum atomic E-state index is 0.0673. The second-order valence-corrected chi connectivity index (χ2v) is 7.74. The molecule has 2 aromatic rings. The van der Waals surface area contributed by atoms with Crippen LogP contribution in [-0.4, -0.2) is 53.2 Å². The largest absolute Gasteiger partial charge is 0.355 e. The van der Waals surface area contributed by atoms with Crippen LogP contribution in [0.4, 0.5) is 5.82 Å². The van der Waals surface area contributed by atoms with Crippen LogP contribution < -0.4 is 15.5 Å². The zero-order valence-electron chi connectivity index (χ0n) is 16.4. The van der Waals surface area contributed by atoms with Crippen molar-refractivity contribution in [2.75, 3.05) is 37.6 Å². The molecule has 4 heterocycles. The third-order valence-corrected chi connectivity index (χ3v) is 6.05. The Morgan fingerprint density at radius 1 is 1.30 bits per heavy atom. The molecule has 2 aliphatic rings. The van der Waals surface area contributed by atoms with Crippen molar-refractivity contribution in [1.82, 2.24) is 25.2 Å². The molecule has 0 radical (unpaired) electrons.